The molecule has 1 aliphatic heterocycles. The Labute approximate surface area is 180 Å². The molecular weight excluding hydrogens is 400 g/mol. The topological polar surface area (TPSA) is 75.5 Å². The molecule has 1 fully saturated rings. The second kappa shape index (κ2) is 9.92. The molecule has 0 bridgehead atoms. The van der Waals surface area contributed by atoms with Crippen LogP contribution in [0.2, 0.25) is 0 Å². The second-order valence-corrected chi connectivity index (χ2v) is 10.4. The molecule has 3 rings (SSSR count). The van der Waals surface area contributed by atoms with Gasteiger partial charge < -0.3 is 9.47 Å². The highest BCUT2D eigenvalue weighted by atomic mass is 32.2. The molecule has 0 atom stereocenters. The van der Waals surface area contributed by atoms with Crippen LogP contribution in [0.25, 0.3) is 11.0 Å². The van der Waals surface area contributed by atoms with Crippen LogP contribution in [0, 0.1) is 0 Å². The smallest absolute Gasteiger partial charge is 0.242 e. The maximum absolute atomic E-state index is 12.7. The van der Waals surface area contributed by atoms with E-state index in [4.69, 9.17) is 4.98 Å². The summed E-state index contributed by atoms with van der Waals surface area (Å²) in [6.07, 6.45) is 7.66. The SMILES string of the molecule is CCCCn1c(CCC(=O)N2CCCCCC2)nc2cc(S(=O)(=O)N(C)C)ccc21. The lowest BCUT2D eigenvalue weighted by molar-refractivity contribution is -0.131. The van der Waals surface area contributed by atoms with Gasteiger partial charge in [0.1, 0.15) is 5.82 Å². The molecule has 0 aliphatic carbocycles. The number of rotatable bonds is 8. The van der Waals surface area contributed by atoms with E-state index in [0.29, 0.717) is 18.4 Å². The van der Waals surface area contributed by atoms with E-state index in [2.05, 4.69) is 11.5 Å². The first kappa shape index (κ1) is 22.7. The highest BCUT2D eigenvalue weighted by Gasteiger charge is 2.21. The molecule has 0 unspecified atom stereocenters. The summed E-state index contributed by atoms with van der Waals surface area (Å²) in [5.41, 5.74) is 1.60. The van der Waals surface area contributed by atoms with E-state index < -0.39 is 10.0 Å². The van der Waals surface area contributed by atoms with E-state index in [9.17, 15) is 13.2 Å². The van der Waals surface area contributed by atoms with Gasteiger partial charge in [-0.1, -0.05) is 26.2 Å². The minimum Gasteiger partial charge on any atom is -0.343 e. The first-order valence-electron chi connectivity index (χ1n) is 11.0. The minimum absolute atomic E-state index is 0.196. The highest BCUT2D eigenvalue weighted by Crippen LogP contribution is 2.23. The van der Waals surface area contributed by atoms with Gasteiger partial charge in [-0.2, -0.15) is 0 Å². The standard InChI is InChI=1S/C22H34N4O3S/c1-4-5-16-26-20-11-10-18(30(28,29)24(2)3)17-19(20)23-21(26)12-13-22(27)25-14-8-6-7-9-15-25/h10-11,17H,4-9,12-16H2,1-3H3. The predicted molar refractivity (Wildman–Crippen MR) is 119 cm³/mol. The molecule has 30 heavy (non-hydrogen) atoms. The van der Waals surface area contributed by atoms with Gasteiger partial charge in [-0.25, -0.2) is 17.7 Å². The van der Waals surface area contributed by atoms with Gasteiger partial charge in [-0.05, 0) is 37.5 Å². The zero-order valence-corrected chi connectivity index (χ0v) is 19.2. The molecule has 0 N–H and O–H groups in total. The number of likely N-dealkylation sites (tertiary alicyclic amines) is 1. The summed E-state index contributed by atoms with van der Waals surface area (Å²) >= 11 is 0. The Morgan fingerprint density at radius 1 is 1.13 bits per heavy atom. The quantitative estimate of drug-likeness (QED) is 0.638. The van der Waals surface area contributed by atoms with Crippen LogP contribution in [0.1, 0.15) is 57.7 Å². The Bertz CT molecular complexity index is 974. The van der Waals surface area contributed by atoms with E-state index in [1.54, 1.807) is 12.1 Å². The molecular formula is C22H34N4O3S. The number of hydrogen-bond donors (Lipinski definition) is 0. The Kier molecular flexibility index (Phi) is 7.52. The highest BCUT2D eigenvalue weighted by molar-refractivity contribution is 7.89. The summed E-state index contributed by atoms with van der Waals surface area (Å²) in [5.74, 6) is 1.06. The van der Waals surface area contributed by atoms with Crippen molar-refractivity contribution in [2.45, 2.75) is 69.7 Å². The summed E-state index contributed by atoms with van der Waals surface area (Å²) in [4.78, 5) is 19.7. The van der Waals surface area contributed by atoms with Gasteiger partial charge in [-0.15, -0.1) is 0 Å². The van der Waals surface area contributed by atoms with Crippen molar-refractivity contribution in [2.24, 2.45) is 0 Å². The number of sulfonamides is 1. The number of aromatic nitrogens is 2. The Hall–Kier alpha value is -1.93. The summed E-state index contributed by atoms with van der Waals surface area (Å²) < 4.78 is 28.4. The molecule has 1 aromatic carbocycles. The number of imidazole rings is 1. The third-order valence-electron chi connectivity index (χ3n) is 5.83. The maximum atomic E-state index is 12.7. The van der Waals surface area contributed by atoms with Crippen molar-refractivity contribution in [3.8, 4) is 0 Å². The average Bonchev–Trinajstić information content (AvgIpc) is 2.88. The van der Waals surface area contributed by atoms with Crippen molar-refractivity contribution in [1.29, 1.82) is 0 Å². The number of nitrogens with zero attached hydrogens (tertiary/aromatic N) is 4. The first-order valence-corrected chi connectivity index (χ1v) is 12.5. The Morgan fingerprint density at radius 2 is 1.83 bits per heavy atom. The molecule has 0 spiro atoms. The number of carbonyl (C=O) groups is 1. The largest absolute Gasteiger partial charge is 0.343 e. The number of fused-ring (bicyclic) bond motifs is 1. The van der Waals surface area contributed by atoms with Gasteiger partial charge in [0.15, 0.2) is 0 Å². The van der Waals surface area contributed by atoms with Gasteiger partial charge in [0.2, 0.25) is 15.9 Å². The van der Waals surface area contributed by atoms with E-state index in [1.807, 2.05) is 11.0 Å². The van der Waals surface area contributed by atoms with Crippen molar-refractivity contribution in [3.63, 3.8) is 0 Å². The van der Waals surface area contributed by atoms with Crippen LogP contribution in [-0.2, 0) is 27.8 Å². The average molecular weight is 435 g/mol. The van der Waals surface area contributed by atoms with Gasteiger partial charge in [0.25, 0.3) is 0 Å². The van der Waals surface area contributed by atoms with Gasteiger partial charge in [0, 0.05) is 46.6 Å². The molecule has 1 amide bonds. The maximum Gasteiger partial charge on any atom is 0.242 e. The lowest BCUT2D eigenvalue weighted by Gasteiger charge is -2.20. The van der Waals surface area contributed by atoms with Crippen molar-refractivity contribution in [2.75, 3.05) is 27.2 Å². The molecule has 0 saturated carbocycles. The summed E-state index contributed by atoms with van der Waals surface area (Å²) in [5, 5.41) is 0. The molecule has 7 nitrogen and oxygen atoms in total. The number of carbonyl (C=O) groups excluding carboxylic acids is 1. The van der Waals surface area contributed by atoms with Crippen molar-refractivity contribution in [1.82, 2.24) is 18.8 Å². The zero-order chi connectivity index (χ0) is 21.7. The molecule has 0 radical (unpaired) electrons. The molecule has 8 heteroatoms. The molecule has 1 aliphatic rings. The molecule has 1 saturated heterocycles. The zero-order valence-electron chi connectivity index (χ0n) is 18.4. The fourth-order valence-corrected chi connectivity index (χ4v) is 4.91. The van der Waals surface area contributed by atoms with Crippen LogP contribution >= 0.6 is 0 Å². The van der Waals surface area contributed by atoms with Gasteiger partial charge >= 0.3 is 0 Å². The summed E-state index contributed by atoms with van der Waals surface area (Å²) in [6, 6.07) is 5.13. The Balaban J connectivity index is 1.85. The fraction of sp³-hybridized carbons (Fsp3) is 0.636. The number of hydrogen-bond acceptors (Lipinski definition) is 4. The van der Waals surface area contributed by atoms with Gasteiger partial charge in [0.05, 0.1) is 15.9 Å². The van der Waals surface area contributed by atoms with Crippen molar-refractivity contribution in [3.05, 3.63) is 24.0 Å². The minimum atomic E-state index is -3.51. The normalized spacial score (nSPS) is 15.7. The van der Waals surface area contributed by atoms with E-state index in [1.165, 1.54) is 31.2 Å². The van der Waals surface area contributed by atoms with Crippen LogP contribution in [0.3, 0.4) is 0 Å². The van der Waals surface area contributed by atoms with E-state index in [0.717, 1.165) is 56.7 Å². The molecule has 1 aromatic heterocycles. The fourth-order valence-electron chi connectivity index (χ4n) is 3.98. The number of aryl methyl sites for hydroxylation is 2. The first-order chi connectivity index (χ1) is 14.3. The lowest BCUT2D eigenvalue weighted by Crippen LogP contribution is -2.32. The summed E-state index contributed by atoms with van der Waals surface area (Å²) in [6.45, 7) is 4.68. The lowest BCUT2D eigenvalue weighted by atomic mass is 10.2. The molecule has 2 aromatic rings. The number of benzene rings is 1. The van der Waals surface area contributed by atoms with Crippen LogP contribution in [-0.4, -0.2) is 60.3 Å². The summed E-state index contributed by atoms with van der Waals surface area (Å²) in [7, 11) is -0.455. The number of unbranched alkanes of at least 4 members (excludes halogenated alkanes) is 1. The van der Waals surface area contributed by atoms with Crippen LogP contribution < -0.4 is 0 Å². The third-order valence-corrected chi connectivity index (χ3v) is 7.64. The van der Waals surface area contributed by atoms with Crippen LogP contribution in [0.15, 0.2) is 23.1 Å². The Morgan fingerprint density at radius 3 is 2.47 bits per heavy atom. The predicted octanol–water partition coefficient (Wildman–Crippen LogP) is 3.42. The van der Waals surface area contributed by atoms with Crippen LogP contribution in [0.5, 0.6) is 0 Å². The van der Waals surface area contributed by atoms with E-state index >= 15 is 0 Å². The molecule has 166 valence electrons. The van der Waals surface area contributed by atoms with Crippen molar-refractivity contribution < 1.29 is 13.2 Å². The third kappa shape index (κ3) is 5.03. The van der Waals surface area contributed by atoms with Crippen LogP contribution in [0.4, 0.5) is 0 Å². The molecule has 2 heterocycles. The van der Waals surface area contributed by atoms with E-state index in [-0.39, 0.29) is 10.8 Å². The monoisotopic (exact) mass is 434 g/mol. The van der Waals surface area contributed by atoms with Gasteiger partial charge in [-0.3, -0.25) is 4.79 Å². The second-order valence-electron chi connectivity index (χ2n) is 8.27. The number of amides is 1. The van der Waals surface area contributed by atoms with Crippen molar-refractivity contribution >= 4 is 27.0 Å².